The monoisotopic (exact) mass is 428 g/mol. The molecule has 0 spiro atoms. The topological polar surface area (TPSA) is 67.6 Å². The molecule has 0 saturated carbocycles. The van der Waals surface area contributed by atoms with Crippen LogP contribution in [-0.4, -0.2) is 51.5 Å². The van der Waals surface area contributed by atoms with Gasteiger partial charge in [-0.2, -0.15) is 9.61 Å². The van der Waals surface area contributed by atoms with Crippen molar-refractivity contribution >= 4 is 11.3 Å². The summed E-state index contributed by atoms with van der Waals surface area (Å²) >= 11 is 0. The molecule has 32 heavy (non-hydrogen) atoms. The molecule has 2 aromatic carbocycles. The van der Waals surface area contributed by atoms with E-state index in [1.54, 1.807) is 18.0 Å². The number of nitrogens with one attached hydrogen (secondary N) is 1. The molecule has 7 heteroatoms. The maximum absolute atomic E-state index is 5.27. The Kier molecular flexibility index (Phi) is 5.98. The molecular formula is C25H28N6O. The fourth-order valence-electron chi connectivity index (χ4n) is 4.40. The minimum atomic E-state index is 0.711. The Hall–Kier alpha value is -3.45. The number of anilines is 1. The highest BCUT2D eigenvalue weighted by atomic mass is 16.5. The van der Waals surface area contributed by atoms with Crippen LogP contribution >= 0.6 is 0 Å². The molecule has 1 unspecified atom stereocenters. The summed E-state index contributed by atoms with van der Waals surface area (Å²) in [6, 6.07) is 20.7. The number of ether oxygens (including phenoxy) is 1. The Bertz CT molecular complexity index is 1160. The van der Waals surface area contributed by atoms with Crippen LogP contribution in [0.25, 0.3) is 16.9 Å². The minimum absolute atomic E-state index is 0.711. The highest BCUT2D eigenvalue weighted by Crippen LogP contribution is 2.26. The van der Waals surface area contributed by atoms with Crippen molar-refractivity contribution in [1.82, 2.24) is 24.7 Å². The van der Waals surface area contributed by atoms with E-state index in [1.165, 1.54) is 18.5 Å². The SMILES string of the molecule is COc1ccc(-c2cc(NCCC3CCN(Cc4ccccc4)C3)c3nncn3n2)cc1. The van der Waals surface area contributed by atoms with E-state index in [4.69, 9.17) is 4.74 Å². The van der Waals surface area contributed by atoms with Gasteiger partial charge in [-0.1, -0.05) is 30.3 Å². The van der Waals surface area contributed by atoms with E-state index in [0.717, 1.165) is 54.4 Å². The molecule has 1 saturated heterocycles. The van der Waals surface area contributed by atoms with Crippen molar-refractivity contribution in [2.45, 2.75) is 19.4 Å². The molecule has 3 heterocycles. The van der Waals surface area contributed by atoms with Crippen LogP contribution in [-0.2, 0) is 6.54 Å². The van der Waals surface area contributed by atoms with E-state index >= 15 is 0 Å². The molecule has 0 bridgehead atoms. The van der Waals surface area contributed by atoms with Gasteiger partial charge < -0.3 is 10.1 Å². The van der Waals surface area contributed by atoms with Crippen LogP contribution in [0.4, 0.5) is 5.69 Å². The van der Waals surface area contributed by atoms with Crippen LogP contribution in [0.3, 0.4) is 0 Å². The normalized spacial score (nSPS) is 16.5. The number of nitrogens with zero attached hydrogens (tertiary/aromatic N) is 5. The highest BCUT2D eigenvalue weighted by Gasteiger charge is 2.22. The molecular weight excluding hydrogens is 400 g/mol. The van der Waals surface area contributed by atoms with Gasteiger partial charge in [0, 0.05) is 25.2 Å². The third-order valence-corrected chi connectivity index (χ3v) is 6.14. The van der Waals surface area contributed by atoms with Crippen molar-refractivity contribution in [3.63, 3.8) is 0 Å². The first kappa shape index (κ1) is 20.5. The van der Waals surface area contributed by atoms with Crippen LogP contribution in [0.2, 0.25) is 0 Å². The van der Waals surface area contributed by atoms with Crippen LogP contribution in [0.5, 0.6) is 5.75 Å². The largest absolute Gasteiger partial charge is 0.497 e. The minimum Gasteiger partial charge on any atom is -0.497 e. The molecule has 1 atom stereocenters. The molecule has 1 aliphatic heterocycles. The summed E-state index contributed by atoms with van der Waals surface area (Å²) in [5.74, 6) is 1.54. The first-order valence-electron chi connectivity index (χ1n) is 11.1. The second kappa shape index (κ2) is 9.36. The second-order valence-corrected chi connectivity index (χ2v) is 8.36. The number of aromatic nitrogens is 4. The van der Waals surface area contributed by atoms with Gasteiger partial charge in [0.15, 0.2) is 0 Å². The average molecular weight is 429 g/mol. The van der Waals surface area contributed by atoms with Crippen LogP contribution < -0.4 is 10.1 Å². The number of likely N-dealkylation sites (tertiary alicyclic amines) is 1. The van der Waals surface area contributed by atoms with Crippen molar-refractivity contribution < 1.29 is 4.74 Å². The zero-order valence-corrected chi connectivity index (χ0v) is 18.3. The first-order valence-corrected chi connectivity index (χ1v) is 11.1. The number of hydrogen-bond donors (Lipinski definition) is 1. The summed E-state index contributed by atoms with van der Waals surface area (Å²) in [7, 11) is 1.67. The summed E-state index contributed by atoms with van der Waals surface area (Å²) in [6.07, 6.45) is 4.03. The molecule has 1 N–H and O–H groups in total. The lowest BCUT2D eigenvalue weighted by atomic mass is 10.1. The van der Waals surface area contributed by atoms with E-state index < -0.39 is 0 Å². The van der Waals surface area contributed by atoms with Gasteiger partial charge >= 0.3 is 0 Å². The number of fused-ring (bicyclic) bond motifs is 1. The zero-order chi connectivity index (χ0) is 21.8. The maximum Gasteiger partial charge on any atom is 0.200 e. The van der Waals surface area contributed by atoms with E-state index in [2.05, 4.69) is 61.9 Å². The molecule has 164 valence electrons. The summed E-state index contributed by atoms with van der Waals surface area (Å²) in [4.78, 5) is 2.56. The van der Waals surface area contributed by atoms with Crippen molar-refractivity contribution in [1.29, 1.82) is 0 Å². The Labute approximate surface area is 188 Å². The van der Waals surface area contributed by atoms with Crippen molar-refractivity contribution in [2.75, 3.05) is 32.1 Å². The van der Waals surface area contributed by atoms with Crippen LogP contribution in [0.15, 0.2) is 67.0 Å². The third-order valence-electron chi connectivity index (χ3n) is 6.14. The molecule has 0 amide bonds. The molecule has 0 aliphatic carbocycles. The second-order valence-electron chi connectivity index (χ2n) is 8.36. The summed E-state index contributed by atoms with van der Waals surface area (Å²) in [6.45, 7) is 4.27. The molecule has 1 aliphatic rings. The molecule has 1 fully saturated rings. The smallest absolute Gasteiger partial charge is 0.200 e. The van der Waals surface area contributed by atoms with Gasteiger partial charge in [0.2, 0.25) is 5.65 Å². The van der Waals surface area contributed by atoms with E-state index in [1.807, 2.05) is 24.3 Å². The van der Waals surface area contributed by atoms with Gasteiger partial charge in [0.05, 0.1) is 18.5 Å². The Morgan fingerprint density at radius 3 is 2.75 bits per heavy atom. The highest BCUT2D eigenvalue weighted by molar-refractivity contribution is 5.73. The van der Waals surface area contributed by atoms with E-state index in [0.29, 0.717) is 5.92 Å². The van der Waals surface area contributed by atoms with E-state index in [9.17, 15) is 0 Å². The van der Waals surface area contributed by atoms with Crippen molar-refractivity contribution in [3.8, 4) is 17.0 Å². The average Bonchev–Trinajstić information content (AvgIpc) is 3.49. The standard InChI is InChI=1S/C25H28N6O/c1-32-22-9-7-21(8-10-22)23-15-24(25-28-27-18-31(25)29-23)26-13-11-20-12-14-30(17-20)16-19-5-3-2-4-6-19/h2-10,15,18,20,26H,11-14,16-17H2,1H3. The predicted molar refractivity (Wildman–Crippen MR) is 126 cm³/mol. The molecule has 5 rings (SSSR count). The van der Waals surface area contributed by atoms with Crippen LogP contribution in [0.1, 0.15) is 18.4 Å². The third kappa shape index (κ3) is 4.57. The van der Waals surface area contributed by atoms with Gasteiger partial charge in [-0.3, -0.25) is 4.90 Å². The number of methoxy groups -OCH3 is 1. The summed E-state index contributed by atoms with van der Waals surface area (Å²) in [5.41, 5.74) is 5.00. The van der Waals surface area contributed by atoms with Gasteiger partial charge in [-0.25, -0.2) is 0 Å². The lowest BCUT2D eigenvalue weighted by Gasteiger charge is -2.16. The molecule has 0 radical (unpaired) electrons. The number of hydrogen-bond acceptors (Lipinski definition) is 6. The Morgan fingerprint density at radius 2 is 1.94 bits per heavy atom. The summed E-state index contributed by atoms with van der Waals surface area (Å²) in [5, 5.41) is 16.5. The molecule has 7 nitrogen and oxygen atoms in total. The lowest BCUT2D eigenvalue weighted by molar-refractivity contribution is 0.314. The number of benzene rings is 2. The van der Waals surface area contributed by atoms with Gasteiger partial charge in [0.25, 0.3) is 0 Å². The lowest BCUT2D eigenvalue weighted by Crippen LogP contribution is -2.20. The molecule has 4 aromatic rings. The van der Waals surface area contributed by atoms with Crippen molar-refractivity contribution in [2.24, 2.45) is 5.92 Å². The summed E-state index contributed by atoms with van der Waals surface area (Å²) < 4.78 is 7.00. The predicted octanol–water partition coefficient (Wildman–Crippen LogP) is 4.12. The zero-order valence-electron chi connectivity index (χ0n) is 18.3. The van der Waals surface area contributed by atoms with Gasteiger partial charge in [-0.15, -0.1) is 10.2 Å². The number of rotatable bonds is 8. The Morgan fingerprint density at radius 1 is 1.09 bits per heavy atom. The van der Waals surface area contributed by atoms with Gasteiger partial charge in [-0.05, 0) is 61.2 Å². The Balaban J connectivity index is 1.22. The molecule has 2 aromatic heterocycles. The van der Waals surface area contributed by atoms with E-state index in [-0.39, 0.29) is 0 Å². The fraction of sp³-hybridized carbons (Fsp3) is 0.320. The quantitative estimate of drug-likeness (QED) is 0.455. The van der Waals surface area contributed by atoms with Crippen molar-refractivity contribution in [3.05, 3.63) is 72.6 Å². The van der Waals surface area contributed by atoms with Gasteiger partial charge in [0.1, 0.15) is 12.1 Å². The maximum atomic E-state index is 5.27. The fourth-order valence-corrected chi connectivity index (χ4v) is 4.40. The van der Waals surface area contributed by atoms with Crippen LogP contribution in [0, 0.1) is 5.92 Å². The first-order chi connectivity index (χ1) is 15.8.